The Kier molecular flexibility index (Phi) is 4.64. The molecule has 1 atom stereocenters. The fourth-order valence-corrected chi connectivity index (χ4v) is 3.88. The number of hydrogen-bond acceptors (Lipinski definition) is 4. The van der Waals surface area contributed by atoms with Crippen LogP contribution in [0.15, 0.2) is 30.5 Å². The van der Waals surface area contributed by atoms with E-state index in [0.717, 1.165) is 35.1 Å². The van der Waals surface area contributed by atoms with Gasteiger partial charge < -0.3 is 15.2 Å². The van der Waals surface area contributed by atoms with E-state index in [-0.39, 0.29) is 18.6 Å². The van der Waals surface area contributed by atoms with Crippen molar-refractivity contribution in [3.63, 3.8) is 0 Å². The number of ether oxygens (including phenoxy) is 1. The summed E-state index contributed by atoms with van der Waals surface area (Å²) in [6, 6.07) is 5.53. The van der Waals surface area contributed by atoms with Gasteiger partial charge in [0.2, 0.25) is 0 Å². The second-order valence-electron chi connectivity index (χ2n) is 7.96. The molecule has 2 aliphatic rings. The lowest BCUT2D eigenvalue weighted by atomic mass is 9.83. The summed E-state index contributed by atoms with van der Waals surface area (Å²) in [5.41, 5.74) is 4.41. The molecule has 1 heterocycles. The highest BCUT2D eigenvalue weighted by Crippen LogP contribution is 2.56. The first kappa shape index (κ1) is 18.0. The molecule has 0 bridgehead atoms. The number of pyridine rings is 1. The van der Waals surface area contributed by atoms with Crippen LogP contribution in [0.3, 0.4) is 0 Å². The van der Waals surface area contributed by atoms with E-state index < -0.39 is 0 Å². The smallest absolute Gasteiger partial charge is 0.253 e. The number of nitrogens with one attached hydrogen (secondary N) is 1. The van der Waals surface area contributed by atoms with Crippen LogP contribution < -0.4 is 10.1 Å². The average Bonchev–Trinajstić information content (AvgIpc) is 3.45. The zero-order chi connectivity index (χ0) is 19.0. The van der Waals surface area contributed by atoms with Crippen LogP contribution >= 0.6 is 0 Å². The van der Waals surface area contributed by atoms with Crippen molar-refractivity contribution in [1.82, 2.24) is 10.3 Å². The van der Waals surface area contributed by atoms with E-state index >= 15 is 0 Å². The molecular weight excluding hydrogens is 340 g/mol. The minimum absolute atomic E-state index is 0.0969. The van der Waals surface area contributed by atoms with Gasteiger partial charge in [0.05, 0.1) is 24.8 Å². The molecule has 1 spiro atoms. The number of aliphatic hydroxyl groups is 1. The maximum atomic E-state index is 12.4. The second-order valence-corrected chi connectivity index (χ2v) is 7.96. The van der Waals surface area contributed by atoms with Crippen molar-refractivity contribution < 1.29 is 14.6 Å². The zero-order valence-corrected chi connectivity index (χ0v) is 15.9. The Morgan fingerprint density at radius 2 is 2.15 bits per heavy atom. The molecule has 1 fully saturated rings. The van der Waals surface area contributed by atoms with Gasteiger partial charge >= 0.3 is 0 Å². The highest BCUT2D eigenvalue weighted by molar-refractivity contribution is 6.00. The van der Waals surface area contributed by atoms with Gasteiger partial charge in [-0.2, -0.15) is 0 Å². The quantitative estimate of drug-likeness (QED) is 0.846. The van der Waals surface area contributed by atoms with Gasteiger partial charge in [-0.25, -0.2) is 0 Å². The number of carbonyl (C=O) groups is 1. The molecule has 1 amide bonds. The molecule has 2 N–H and O–H groups in total. The summed E-state index contributed by atoms with van der Waals surface area (Å²) in [5, 5.41) is 12.8. The van der Waals surface area contributed by atoms with E-state index in [9.17, 15) is 4.79 Å². The molecule has 1 unspecified atom stereocenters. The molecule has 5 heteroatoms. The molecule has 0 radical (unpaired) electrons. The van der Waals surface area contributed by atoms with E-state index in [0.29, 0.717) is 11.0 Å². The van der Waals surface area contributed by atoms with E-state index in [2.05, 4.69) is 22.4 Å². The summed E-state index contributed by atoms with van der Waals surface area (Å²) < 4.78 is 5.50. The number of rotatable bonds is 5. The van der Waals surface area contributed by atoms with Crippen LogP contribution in [-0.2, 0) is 0 Å². The Hall–Kier alpha value is -2.40. The van der Waals surface area contributed by atoms with Crippen LogP contribution in [-0.4, -0.2) is 35.8 Å². The number of aromatic nitrogens is 1. The highest BCUT2D eigenvalue weighted by Gasteiger charge is 2.42. The molecular formula is C22H26N2O3. The fraction of sp³-hybridized carbons (Fsp3) is 0.455. The summed E-state index contributed by atoms with van der Waals surface area (Å²) in [6.07, 6.45) is 10.2. The van der Waals surface area contributed by atoms with E-state index in [1.807, 2.05) is 12.1 Å². The normalized spacial score (nSPS) is 18.9. The van der Waals surface area contributed by atoms with Crippen molar-refractivity contribution in [3.05, 3.63) is 41.6 Å². The number of aliphatic hydroxyl groups excluding tert-OH is 1. The van der Waals surface area contributed by atoms with Crippen LogP contribution in [0.5, 0.6) is 5.75 Å². The Balaban J connectivity index is 1.72. The lowest BCUT2D eigenvalue weighted by Crippen LogP contribution is -2.35. The number of carbonyl (C=O) groups excluding carboxylic acids is 1. The monoisotopic (exact) mass is 366 g/mol. The maximum Gasteiger partial charge on any atom is 0.253 e. The van der Waals surface area contributed by atoms with E-state index in [4.69, 9.17) is 9.84 Å². The van der Waals surface area contributed by atoms with Gasteiger partial charge in [-0.3, -0.25) is 9.78 Å². The van der Waals surface area contributed by atoms with E-state index in [1.54, 1.807) is 20.2 Å². The van der Waals surface area contributed by atoms with Crippen LogP contribution in [0.25, 0.3) is 16.5 Å². The number of allylic oxidation sites excluding steroid dienone is 2. The van der Waals surface area contributed by atoms with Gasteiger partial charge in [-0.05, 0) is 68.2 Å². The number of nitrogens with zero attached hydrogens (tertiary/aromatic N) is 1. The van der Waals surface area contributed by atoms with Crippen molar-refractivity contribution in [2.24, 2.45) is 5.41 Å². The molecule has 1 saturated carbocycles. The minimum Gasteiger partial charge on any atom is -0.497 e. The predicted molar refractivity (Wildman–Crippen MR) is 106 cm³/mol. The van der Waals surface area contributed by atoms with Crippen molar-refractivity contribution in [1.29, 1.82) is 0 Å². The molecule has 4 rings (SSSR count). The topological polar surface area (TPSA) is 71.5 Å². The minimum atomic E-state index is -0.295. The van der Waals surface area contributed by atoms with Crippen LogP contribution in [0.1, 0.15) is 54.9 Å². The van der Waals surface area contributed by atoms with Gasteiger partial charge in [-0.1, -0.05) is 6.08 Å². The average molecular weight is 366 g/mol. The molecule has 2 aromatic rings. The molecule has 5 nitrogen and oxygen atoms in total. The van der Waals surface area contributed by atoms with Gasteiger partial charge in [-0.15, -0.1) is 0 Å². The molecule has 0 aliphatic heterocycles. The predicted octanol–water partition coefficient (Wildman–Crippen LogP) is 3.70. The number of methoxy groups -OCH3 is 1. The number of hydrogen-bond donors (Lipinski definition) is 2. The molecule has 2 aliphatic carbocycles. The van der Waals surface area contributed by atoms with Crippen LogP contribution in [0.4, 0.5) is 0 Å². The van der Waals surface area contributed by atoms with Crippen molar-refractivity contribution in [3.8, 4) is 5.75 Å². The van der Waals surface area contributed by atoms with Gasteiger partial charge in [0.15, 0.2) is 0 Å². The van der Waals surface area contributed by atoms with Crippen LogP contribution in [0.2, 0.25) is 0 Å². The first-order chi connectivity index (χ1) is 13.0. The van der Waals surface area contributed by atoms with Gasteiger partial charge in [0, 0.05) is 23.2 Å². The van der Waals surface area contributed by atoms with Crippen molar-refractivity contribution in [2.45, 2.75) is 45.1 Å². The molecule has 1 aromatic heterocycles. The highest BCUT2D eigenvalue weighted by atomic mass is 16.5. The lowest BCUT2D eigenvalue weighted by Gasteiger charge is -2.22. The fourth-order valence-electron chi connectivity index (χ4n) is 3.88. The maximum absolute atomic E-state index is 12.4. The Morgan fingerprint density at radius 3 is 2.78 bits per heavy atom. The van der Waals surface area contributed by atoms with Crippen molar-refractivity contribution >= 4 is 22.4 Å². The summed E-state index contributed by atoms with van der Waals surface area (Å²) in [4.78, 5) is 17.0. The van der Waals surface area contributed by atoms with Crippen molar-refractivity contribution in [2.75, 3.05) is 13.7 Å². The Bertz CT molecular complexity index is 915. The van der Waals surface area contributed by atoms with Gasteiger partial charge in [0.25, 0.3) is 5.91 Å². The molecule has 0 saturated heterocycles. The summed E-state index contributed by atoms with van der Waals surface area (Å²) in [6.45, 7) is 1.66. The number of amides is 1. The largest absolute Gasteiger partial charge is 0.497 e. The standard InChI is InChI=1S/C22H26N2O3/c1-14(13-25)24-21(26)17-9-16-10-18(27-2)11-19(20(16)23-12-17)15-3-5-22(6-4-15)7-8-22/h3,9-12,14,25H,4-8,13H2,1-2H3,(H,24,26). The number of fused-ring (bicyclic) bond motifs is 1. The molecule has 27 heavy (non-hydrogen) atoms. The lowest BCUT2D eigenvalue weighted by molar-refractivity contribution is 0.0922. The second kappa shape index (κ2) is 6.97. The molecule has 1 aromatic carbocycles. The zero-order valence-electron chi connectivity index (χ0n) is 15.9. The van der Waals surface area contributed by atoms with Gasteiger partial charge in [0.1, 0.15) is 5.75 Å². The number of benzene rings is 1. The summed E-state index contributed by atoms with van der Waals surface area (Å²) in [5.74, 6) is 0.538. The summed E-state index contributed by atoms with van der Waals surface area (Å²) >= 11 is 0. The summed E-state index contributed by atoms with van der Waals surface area (Å²) in [7, 11) is 1.66. The van der Waals surface area contributed by atoms with E-state index in [1.165, 1.54) is 24.8 Å². The third-order valence-corrected chi connectivity index (χ3v) is 5.92. The SMILES string of the molecule is COc1cc(C2=CCC3(CC2)CC3)c2ncc(C(=O)NC(C)CO)cc2c1. The first-order valence-corrected chi connectivity index (χ1v) is 9.62. The Labute approximate surface area is 159 Å². The third-order valence-electron chi connectivity index (χ3n) is 5.92. The molecule has 142 valence electrons. The third kappa shape index (κ3) is 3.56. The van der Waals surface area contributed by atoms with Crippen LogP contribution in [0, 0.1) is 5.41 Å². The Morgan fingerprint density at radius 1 is 1.33 bits per heavy atom. The first-order valence-electron chi connectivity index (χ1n) is 9.62.